The molecule has 0 unspecified atom stereocenters. The zero-order chi connectivity index (χ0) is 14.5. The van der Waals surface area contributed by atoms with Crippen LogP contribution in [-0.2, 0) is 0 Å². The van der Waals surface area contributed by atoms with Crippen molar-refractivity contribution in [2.24, 2.45) is 10.2 Å². The van der Waals surface area contributed by atoms with Crippen LogP contribution in [0.3, 0.4) is 0 Å². The van der Waals surface area contributed by atoms with Gasteiger partial charge in [0.15, 0.2) is 5.78 Å². The summed E-state index contributed by atoms with van der Waals surface area (Å²) < 4.78 is 0. The van der Waals surface area contributed by atoms with Crippen molar-refractivity contribution in [2.75, 3.05) is 0 Å². The van der Waals surface area contributed by atoms with Crippen LogP contribution in [0, 0.1) is 0 Å². The minimum atomic E-state index is -0.506. The van der Waals surface area contributed by atoms with Crippen molar-refractivity contribution in [3.05, 3.63) is 59.7 Å². The van der Waals surface area contributed by atoms with Gasteiger partial charge in [-0.3, -0.25) is 9.59 Å². The molecule has 0 aliphatic rings. The van der Waals surface area contributed by atoms with Gasteiger partial charge in [0.25, 0.3) is 5.24 Å². The Labute approximate surface area is 121 Å². The maximum absolute atomic E-state index is 11.1. The van der Waals surface area contributed by atoms with Gasteiger partial charge in [-0.2, -0.15) is 10.2 Å². The van der Waals surface area contributed by atoms with Crippen LogP contribution in [0.1, 0.15) is 27.6 Å². The summed E-state index contributed by atoms with van der Waals surface area (Å²) in [6.07, 6.45) is 0. The molecule has 0 aliphatic heterocycles. The van der Waals surface area contributed by atoms with Crippen molar-refractivity contribution in [3.63, 3.8) is 0 Å². The summed E-state index contributed by atoms with van der Waals surface area (Å²) in [5.74, 6) is 0.00909. The van der Waals surface area contributed by atoms with Crippen LogP contribution < -0.4 is 0 Å². The van der Waals surface area contributed by atoms with Gasteiger partial charge in [0.05, 0.1) is 11.4 Å². The summed E-state index contributed by atoms with van der Waals surface area (Å²) in [6, 6.07) is 13.3. The maximum atomic E-state index is 11.1. The van der Waals surface area contributed by atoms with Crippen molar-refractivity contribution < 1.29 is 9.59 Å². The number of carbonyl (C=O) groups excluding carboxylic acids is 2. The molecule has 4 nitrogen and oxygen atoms in total. The van der Waals surface area contributed by atoms with Crippen LogP contribution >= 0.6 is 11.6 Å². The van der Waals surface area contributed by atoms with E-state index in [0.29, 0.717) is 22.5 Å². The summed E-state index contributed by atoms with van der Waals surface area (Å²) >= 11 is 5.35. The Kier molecular flexibility index (Phi) is 4.38. The molecule has 0 heterocycles. The molecule has 0 amide bonds. The Morgan fingerprint density at radius 1 is 0.800 bits per heavy atom. The Bertz CT molecular complexity index is 602. The van der Waals surface area contributed by atoms with Crippen LogP contribution in [0.2, 0.25) is 0 Å². The number of benzene rings is 2. The molecule has 2 aromatic rings. The Morgan fingerprint density at radius 3 is 1.55 bits per heavy atom. The van der Waals surface area contributed by atoms with Gasteiger partial charge in [-0.25, -0.2) is 0 Å². The molecule has 0 saturated carbocycles. The van der Waals surface area contributed by atoms with E-state index in [2.05, 4.69) is 10.2 Å². The Hall–Kier alpha value is -2.33. The first-order chi connectivity index (χ1) is 9.56. The SMILES string of the molecule is CC(=O)c1ccc(/N=N/c2ccc(C(=O)Cl)cc2)cc1. The summed E-state index contributed by atoms with van der Waals surface area (Å²) in [5, 5.41) is 7.58. The zero-order valence-corrected chi connectivity index (χ0v) is 11.5. The highest BCUT2D eigenvalue weighted by Crippen LogP contribution is 2.19. The fourth-order valence-electron chi connectivity index (χ4n) is 1.54. The number of rotatable bonds is 4. The fraction of sp³-hybridized carbons (Fsp3) is 0.0667. The third kappa shape index (κ3) is 3.59. The van der Waals surface area contributed by atoms with Gasteiger partial charge >= 0.3 is 0 Å². The highest BCUT2D eigenvalue weighted by molar-refractivity contribution is 6.67. The first-order valence-corrected chi connectivity index (χ1v) is 6.27. The number of halogens is 1. The molecule has 0 radical (unpaired) electrons. The molecule has 0 fully saturated rings. The van der Waals surface area contributed by atoms with Crippen LogP contribution in [0.5, 0.6) is 0 Å². The van der Waals surface area contributed by atoms with Gasteiger partial charge in [0.2, 0.25) is 0 Å². The molecule has 0 saturated heterocycles. The van der Waals surface area contributed by atoms with Crippen LogP contribution in [-0.4, -0.2) is 11.0 Å². The van der Waals surface area contributed by atoms with E-state index in [1.807, 2.05) is 0 Å². The van der Waals surface area contributed by atoms with Crippen LogP contribution in [0.4, 0.5) is 11.4 Å². The lowest BCUT2D eigenvalue weighted by molar-refractivity contribution is 0.101. The molecule has 0 aliphatic carbocycles. The van der Waals surface area contributed by atoms with E-state index in [9.17, 15) is 9.59 Å². The number of nitrogens with zero attached hydrogens (tertiary/aromatic N) is 2. The molecule has 0 N–H and O–H groups in total. The molecular formula is C15H11ClN2O2. The number of hydrogen-bond donors (Lipinski definition) is 0. The highest BCUT2D eigenvalue weighted by atomic mass is 35.5. The minimum Gasteiger partial charge on any atom is -0.295 e. The van der Waals surface area contributed by atoms with Gasteiger partial charge in [0.1, 0.15) is 0 Å². The number of carbonyl (C=O) groups is 2. The van der Waals surface area contributed by atoms with Gasteiger partial charge < -0.3 is 0 Å². The van der Waals surface area contributed by atoms with Crippen molar-refractivity contribution in [1.29, 1.82) is 0 Å². The predicted octanol–water partition coefficient (Wildman–Crippen LogP) is 4.68. The maximum Gasteiger partial charge on any atom is 0.252 e. The summed E-state index contributed by atoms with van der Waals surface area (Å²) in [4.78, 5) is 22.0. The molecule has 0 atom stereocenters. The molecular weight excluding hydrogens is 276 g/mol. The van der Waals surface area contributed by atoms with Crippen molar-refractivity contribution >= 4 is 34.0 Å². The smallest absolute Gasteiger partial charge is 0.252 e. The molecule has 100 valence electrons. The first-order valence-electron chi connectivity index (χ1n) is 5.89. The van der Waals surface area contributed by atoms with Crippen LogP contribution in [0.25, 0.3) is 0 Å². The lowest BCUT2D eigenvalue weighted by atomic mass is 10.1. The second-order valence-electron chi connectivity index (χ2n) is 4.12. The lowest BCUT2D eigenvalue weighted by Gasteiger charge is -1.97. The second-order valence-corrected chi connectivity index (χ2v) is 4.47. The van der Waals surface area contributed by atoms with E-state index < -0.39 is 5.24 Å². The topological polar surface area (TPSA) is 58.9 Å². The molecule has 2 rings (SSSR count). The molecule has 20 heavy (non-hydrogen) atoms. The fourth-order valence-corrected chi connectivity index (χ4v) is 1.66. The summed E-state index contributed by atoms with van der Waals surface area (Å²) in [6.45, 7) is 1.51. The molecule has 5 heteroatoms. The van der Waals surface area contributed by atoms with E-state index in [1.165, 1.54) is 6.92 Å². The molecule has 0 bridgehead atoms. The van der Waals surface area contributed by atoms with E-state index in [4.69, 9.17) is 11.6 Å². The second kappa shape index (κ2) is 6.21. The largest absolute Gasteiger partial charge is 0.295 e. The third-order valence-corrected chi connectivity index (χ3v) is 2.87. The van der Waals surface area contributed by atoms with E-state index in [-0.39, 0.29) is 5.78 Å². The minimum absolute atomic E-state index is 0.00909. The average Bonchev–Trinajstić information content (AvgIpc) is 2.46. The molecule has 0 spiro atoms. The first kappa shape index (κ1) is 14.1. The number of Topliss-reactive ketones (excluding diaryl/α,β-unsaturated/α-hetero) is 1. The third-order valence-electron chi connectivity index (χ3n) is 2.65. The summed E-state index contributed by atoms with van der Waals surface area (Å²) in [5.41, 5.74) is 2.31. The highest BCUT2D eigenvalue weighted by Gasteiger charge is 2.01. The Balaban J connectivity index is 2.12. The van der Waals surface area contributed by atoms with Crippen LogP contribution in [0.15, 0.2) is 58.8 Å². The Morgan fingerprint density at radius 2 is 1.20 bits per heavy atom. The van der Waals surface area contributed by atoms with Crippen molar-refractivity contribution in [1.82, 2.24) is 0 Å². The van der Waals surface area contributed by atoms with Crippen molar-refractivity contribution in [2.45, 2.75) is 6.92 Å². The number of ketones is 1. The molecule has 2 aromatic carbocycles. The zero-order valence-electron chi connectivity index (χ0n) is 10.7. The predicted molar refractivity (Wildman–Crippen MR) is 77.2 cm³/mol. The normalized spacial score (nSPS) is 10.7. The monoisotopic (exact) mass is 286 g/mol. The van der Waals surface area contributed by atoms with Gasteiger partial charge in [-0.1, -0.05) is 0 Å². The van der Waals surface area contributed by atoms with E-state index in [1.54, 1.807) is 48.5 Å². The quantitative estimate of drug-likeness (QED) is 0.465. The average molecular weight is 287 g/mol. The number of azo groups is 1. The van der Waals surface area contributed by atoms with E-state index in [0.717, 1.165) is 0 Å². The lowest BCUT2D eigenvalue weighted by Crippen LogP contribution is -1.89. The standard InChI is InChI=1S/C15H11ClN2O2/c1-10(19)11-2-6-13(7-3-11)17-18-14-8-4-12(5-9-14)15(16)20/h2-9H,1H3/b18-17+. The molecule has 0 aromatic heterocycles. The number of hydrogen-bond acceptors (Lipinski definition) is 4. The van der Waals surface area contributed by atoms with Crippen molar-refractivity contribution in [3.8, 4) is 0 Å². The van der Waals surface area contributed by atoms with Gasteiger partial charge in [-0.05, 0) is 67.1 Å². The summed E-state index contributed by atoms with van der Waals surface area (Å²) in [7, 11) is 0. The van der Waals surface area contributed by atoms with E-state index >= 15 is 0 Å². The van der Waals surface area contributed by atoms with Gasteiger partial charge in [-0.15, -0.1) is 0 Å². The van der Waals surface area contributed by atoms with Gasteiger partial charge in [0, 0.05) is 11.1 Å².